The quantitative estimate of drug-likeness (QED) is 0.296. The molecule has 0 aromatic heterocycles. The molecule has 0 radical (unpaired) electrons. The number of nitro groups is 1. The molecule has 2 amide bonds. The molecule has 3 atom stereocenters. The molecule has 2 aliphatic rings. The minimum Gasteiger partial charge on any atom is -0.273 e. The number of non-ortho nitro benzene ring substituents is 1. The van der Waals surface area contributed by atoms with Gasteiger partial charge in [-0.25, -0.2) is 9.96 Å². The molecule has 2 heterocycles. The maximum Gasteiger partial charge on any atom is 0.269 e. The molecule has 2 fully saturated rings. The molecule has 2 saturated heterocycles. The summed E-state index contributed by atoms with van der Waals surface area (Å²) in [5.41, 5.74) is 1.03. The highest BCUT2D eigenvalue weighted by molar-refractivity contribution is 6.42. The topological polar surface area (TPSA) is 93.0 Å². The van der Waals surface area contributed by atoms with Gasteiger partial charge >= 0.3 is 0 Å². The largest absolute Gasteiger partial charge is 0.273 e. The number of halogens is 2. The van der Waals surface area contributed by atoms with Crippen molar-refractivity contribution in [2.24, 2.45) is 5.92 Å². The van der Waals surface area contributed by atoms with Gasteiger partial charge in [0.25, 0.3) is 11.6 Å². The molecule has 0 bridgehead atoms. The second-order valence-corrected chi connectivity index (χ2v) is 8.41. The summed E-state index contributed by atoms with van der Waals surface area (Å²) >= 11 is 12.5. The first-order chi connectivity index (χ1) is 15.9. The Hall–Kier alpha value is -3.46. The minimum atomic E-state index is -1.14. The Bertz CT molecular complexity index is 1270. The van der Waals surface area contributed by atoms with E-state index >= 15 is 0 Å². The van der Waals surface area contributed by atoms with E-state index in [0.717, 1.165) is 4.90 Å². The van der Waals surface area contributed by atoms with Crippen LogP contribution in [0.4, 0.5) is 17.1 Å². The van der Waals surface area contributed by atoms with Crippen LogP contribution in [0.3, 0.4) is 0 Å². The molecule has 0 unspecified atom stereocenters. The summed E-state index contributed by atoms with van der Waals surface area (Å²) < 4.78 is 0. The van der Waals surface area contributed by atoms with Crippen LogP contribution in [0.5, 0.6) is 0 Å². The van der Waals surface area contributed by atoms with Crippen molar-refractivity contribution in [1.82, 2.24) is 0 Å². The Labute approximate surface area is 198 Å². The first kappa shape index (κ1) is 21.4. The molecule has 3 aromatic rings. The molecule has 8 nitrogen and oxygen atoms in total. The summed E-state index contributed by atoms with van der Waals surface area (Å²) in [5.74, 6) is -2.11. The monoisotopic (exact) mass is 483 g/mol. The second kappa shape index (κ2) is 8.15. The van der Waals surface area contributed by atoms with E-state index in [0.29, 0.717) is 11.3 Å². The van der Waals surface area contributed by atoms with Crippen LogP contribution in [-0.4, -0.2) is 22.8 Å². The number of hydrogen-bond acceptors (Lipinski definition) is 6. The van der Waals surface area contributed by atoms with E-state index < -0.39 is 34.8 Å². The number of carbonyl (C=O) groups is 2. The van der Waals surface area contributed by atoms with Crippen molar-refractivity contribution in [3.63, 3.8) is 0 Å². The lowest BCUT2D eigenvalue weighted by atomic mass is 9.90. The molecular weight excluding hydrogens is 469 g/mol. The van der Waals surface area contributed by atoms with Crippen LogP contribution in [0.1, 0.15) is 11.6 Å². The number of hydrogen-bond donors (Lipinski definition) is 0. The Kier molecular flexibility index (Phi) is 5.28. The van der Waals surface area contributed by atoms with Gasteiger partial charge in [0, 0.05) is 12.1 Å². The number of carbonyl (C=O) groups excluding carboxylic acids is 2. The van der Waals surface area contributed by atoms with Crippen molar-refractivity contribution in [2.75, 3.05) is 9.96 Å². The summed E-state index contributed by atoms with van der Waals surface area (Å²) in [7, 11) is 0. The van der Waals surface area contributed by atoms with Crippen LogP contribution in [-0.2, 0) is 14.4 Å². The van der Waals surface area contributed by atoms with Crippen molar-refractivity contribution < 1.29 is 19.3 Å². The number of para-hydroxylation sites is 2. The summed E-state index contributed by atoms with van der Waals surface area (Å²) in [4.78, 5) is 44.8. The fraction of sp³-hybridized carbons (Fsp3) is 0.130. The third-order valence-electron chi connectivity index (χ3n) is 5.71. The zero-order valence-electron chi connectivity index (χ0n) is 16.8. The average molecular weight is 484 g/mol. The van der Waals surface area contributed by atoms with Crippen LogP contribution >= 0.6 is 23.2 Å². The van der Waals surface area contributed by atoms with Gasteiger partial charge in [0.15, 0.2) is 6.10 Å². The molecule has 0 N–H and O–H groups in total. The maximum absolute atomic E-state index is 13.6. The molecule has 5 rings (SSSR count). The number of hydroxylamine groups is 1. The molecule has 0 aliphatic carbocycles. The van der Waals surface area contributed by atoms with Crippen molar-refractivity contribution >= 4 is 52.1 Å². The second-order valence-electron chi connectivity index (χ2n) is 7.59. The summed E-state index contributed by atoms with van der Waals surface area (Å²) in [6.45, 7) is 0. The number of nitro benzene ring substituents is 1. The maximum atomic E-state index is 13.6. The van der Waals surface area contributed by atoms with Gasteiger partial charge in [-0.3, -0.25) is 24.5 Å². The van der Waals surface area contributed by atoms with Gasteiger partial charge in [-0.05, 0) is 29.8 Å². The molecule has 0 saturated carbocycles. The van der Waals surface area contributed by atoms with Crippen molar-refractivity contribution in [2.45, 2.75) is 12.1 Å². The van der Waals surface area contributed by atoms with Crippen molar-refractivity contribution in [3.8, 4) is 0 Å². The van der Waals surface area contributed by atoms with Gasteiger partial charge in [0.1, 0.15) is 5.92 Å². The van der Waals surface area contributed by atoms with Gasteiger partial charge < -0.3 is 0 Å². The fourth-order valence-electron chi connectivity index (χ4n) is 4.30. The zero-order valence-corrected chi connectivity index (χ0v) is 18.3. The number of amides is 2. The van der Waals surface area contributed by atoms with Crippen LogP contribution in [0, 0.1) is 16.0 Å². The number of imide groups is 1. The molecule has 2 aliphatic heterocycles. The standard InChI is InChI=1S/C23H15Cl2N3O5/c24-16-10-5-11-17(25)20(16)26-22(29)18-19(13-6-4-9-15(12-13)28(31)32)27(33-21(18)23(26)30)14-7-2-1-3-8-14/h1-12,18-19,21H/t18-,19+,21-/m0/s1. The predicted octanol–water partition coefficient (Wildman–Crippen LogP) is 4.95. The van der Waals surface area contributed by atoms with E-state index in [-0.39, 0.29) is 21.4 Å². The lowest BCUT2D eigenvalue weighted by molar-refractivity contribution is -0.384. The first-order valence-corrected chi connectivity index (χ1v) is 10.7. The number of anilines is 2. The highest BCUT2D eigenvalue weighted by atomic mass is 35.5. The van der Waals surface area contributed by atoms with Gasteiger partial charge in [-0.15, -0.1) is 0 Å². The van der Waals surface area contributed by atoms with Gasteiger partial charge in [0.05, 0.1) is 32.4 Å². The molecule has 3 aromatic carbocycles. The van der Waals surface area contributed by atoms with E-state index in [4.69, 9.17) is 28.0 Å². The summed E-state index contributed by atoms with van der Waals surface area (Å²) in [6.07, 6.45) is -1.14. The third-order valence-corrected chi connectivity index (χ3v) is 6.32. The highest BCUT2D eigenvalue weighted by Gasteiger charge is 2.60. The Balaban J connectivity index is 1.63. The SMILES string of the molecule is O=C1[C@@H]2[C@H](ON(c3ccccc3)[C@@H]2c2cccc([N+](=O)[O-])c2)C(=O)N1c1c(Cl)cccc1Cl. The van der Waals surface area contributed by atoms with Crippen molar-refractivity contribution in [1.29, 1.82) is 0 Å². The summed E-state index contributed by atoms with van der Waals surface area (Å²) in [6, 6.07) is 18.8. The van der Waals surface area contributed by atoms with E-state index in [1.165, 1.54) is 35.4 Å². The van der Waals surface area contributed by atoms with Crippen LogP contribution < -0.4 is 9.96 Å². The van der Waals surface area contributed by atoms with E-state index in [2.05, 4.69) is 0 Å². The molecule has 166 valence electrons. The van der Waals surface area contributed by atoms with Crippen LogP contribution in [0.15, 0.2) is 72.8 Å². The lowest BCUT2D eigenvalue weighted by Gasteiger charge is -2.29. The lowest BCUT2D eigenvalue weighted by Crippen LogP contribution is -2.37. The van der Waals surface area contributed by atoms with Gasteiger partial charge in [0.2, 0.25) is 5.91 Å². The van der Waals surface area contributed by atoms with E-state index in [1.54, 1.807) is 36.4 Å². The summed E-state index contributed by atoms with van der Waals surface area (Å²) in [5, 5.41) is 13.1. The average Bonchev–Trinajstić information content (AvgIpc) is 3.31. The zero-order chi connectivity index (χ0) is 23.3. The van der Waals surface area contributed by atoms with E-state index in [9.17, 15) is 19.7 Å². The van der Waals surface area contributed by atoms with Gasteiger partial charge in [-0.1, -0.05) is 59.6 Å². The Morgan fingerprint density at radius 2 is 1.55 bits per heavy atom. The van der Waals surface area contributed by atoms with Gasteiger partial charge in [-0.2, -0.15) is 0 Å². The number of rotatable bonds is 4. The minimum absolute atomic E-state index is 0.0953. The Morgan fingerprint density at radius 1 is 0.879 bits per heavy atom. The molecule has 33 heavy (non-hydrogen) atoms. The third kappa shape index (κ3) is 3.43. The normalized spacial score (nSPS) is 22.1. The number of fused-ring (bicyclic) bond motifs is 1. The molecular formula is C23H15Cl2N3O5. The number of benzene rings is 3. The van der Waals surface area contributed by atoms with Crippen LogP contribution in [0.25, 0.3) is 0 Å². The predicted molar refractivity (Wildman–Crippen MR) is 122 cm³/mol. The smallest absolute Gasteiger partial charge is 0.269 e. The molecule has 0 spiro atoms. The van der Waals surface area contributed by atoms with Crippen LogP contribution in [0.2, 0.25) is 10.0 Å². The fourth-order valence-corrected chi connectivity index (χ4v) is 4.86. The van der Waals surface area contributed by atoms with E-state index in [1.807, 2.05) is 6.07 Å². The molecule has 10 heteroatoms. The number of nitrogens with zero attached hydrogens (tertiary/aromatic N) is 3. The highest BCUT2D eigenvalue weighted by Crippen LogP contribution is 2.49. The van der Waals surface area contributed by atoms with Crippen molar-refractivity contribution in [3.05, 3.63) is 98.5 Å². The Morgan fingerprint density at radius 3 is 2.21 bits per heavy atom. The first-order valence-electron chi connectivity index (χ1n) is 9.95.